The number of ether oxygens (including phenoxy) is 1. The van der Waals surface area contributed by atoms with E-state index < -0.39 is 30.2 Å². The second-order valence-corrected chi connectivity index (χ2v) is 8.03. The summed E-state index contributed by atoms with van der Waals surface area (Å²) in [6.45, 7) is 2.03. The maximum Gasteiger partial charge on any atom is 0.490 e. The Hall–Kier alpha value is -3.33. The van der Waals surface area contributed by atoms with Gasteiger partial charge >= 0.3 is 12.1 Å². The van der Waals surface area contributed by atoms with E-state index in [2.05, 4.69) is 10.2 Å². The number of fused-ring (bicyclic) bond motifs is 1. The lowest BCUT2D eigenvalue weighted by Crippen LogP contribution is -2.43. The van der Waals surface area contributed by atoms with Crippen molar-refractivity contribution in [3.63, 3.8) is 0 Å². The lowest BCUT2D eigenvalue weighted by molar-refractivity contribution is -0.207. The third-order valence-electron chi connectivity index (χ3n) is 5.68. The number of halogens is 4. The van der Waals surface area contributed by atoms with E-state index in [0.29, 0.717) is 17.5 Å². The van der Waals surface area contributed by atoms with Gasteiger partial charge in [0.25, 0.3) is 5.91 Å². The minimum atomic E-state index is -5.28. The van der Waals surface area contributed by atoms with Crippen molar-refractivity contribution in [2.75, 3.05) is 6.54 Å². The summed E-state index contributed by atoms with van der Waals surface area (Å²) in [5, 5.41) is 6.46. The summed E-state index contributed by atoms with van der Waals surface area (Å²) in [5.74, 6) is -3.25. The van der Waals surface area contributed by atoms with Crippen LogP contribution in [0.1, 0.15) is 35.8 Å². The van der Waals surface area contributed by atoms with Gasteiger partial charge in [-0.3, -0.25) is 9.89 Å². The number of rotatable bonds is 4. The van der Waals surface area contributed by atoms with Crippen LogP contribution in [0.5, 0.6) is 0 Å². The van der Waals surface area contributed by atoms with E-state index in [1.54, 1.807) is 19.1 Å². The third kappa shape index (κ3) is 4.45. The minimum absolute atomic E-state index is 0.00733. The Balaban J connectivity index is 1.79. The Morgan fingerprint density at radius 2 is 1.97 bits per heavy atom. The highest BCUT2D eigenvalue weighted by atomic mass is 35.5. The van der Waals surface area contributed by atoms with Gasteiger partial charge in [-0.1, -0.05) is 48.0 Å². The molecule has 0 bridgehead atoms. The van der Waals surface area contributed by atoms with Crippen molar-refractivity contribution in [3.8, 4) is 11.1 Å². The number of nitrogens with one attached hydrogen (secondary N) is 1. The normalized spacial score (nSPS) is 16.8. The van der Waals surface area contributed by atoms with Crippen molar-refractivity contribution in [1.82, 2.24) is 15.1 Å². The van der Waals surface area contributed by atoms with Gasteiger partial charge in [0.05, 0.1) is 12.2 Å². The standard InChI is InChI=1S/C23H19ClF3N3O3/c1-13-16-6-3-2-5-14(16)9-10-30(13)21(31)20(33-22(32)23(25,26)27)19-17(7-4-8-18(19)24)15-11-28-29-12-15/h2-8,11-13,20H,9-10H2,1H3,(H,28,29)/t13-,20?/m0/s1. The zero-order valence-corrected chi connectivity index (χ0v) is 18.2. The number of hydrogen-bond acceptors (Lipinski definition) is 4. The smallest absolute Gasteiger partial charge is 0.441 e. The van der Waals surface area contributed by atoms with Crippen LogP contribution in [-0.4, -0.2) is 39.7 Å². The molecule has 0 fully saturated rings. The number of hydrogen-bond donors (Lipinski definition) is 1. The number of amides is 1. The van der Waals surface area contributed by atoms with Crippen molar-refractivity contribution < 1.29 is 27.5 Å². The number of H-pyrrole nitrogens is 1. The highest BCUT2D eigenvalue weighted by Crippen LogP contribution is 2.39. The summed E-state index contributed by atoms with van der Waals surface area (Å²) < 4.78 is 44.2. The molecule has 0 saturated carbocycles. The summed E-state index contributed by atoms with van der Waals surface area (Å²) in [5.41, 5.74) is 2.70. The molecule has 1 aliphatic rings. The molecule has 1 N–H and O–H groups in total. The monoisotopic (exact) mass is 477 g/mol. The highest BCUT2D eigenvalue weighted by Gasteiger charge is 2.46. The number of benzene rings is 2. The average Bonchev–Trinajstić information content (AvgIpc) is 3.32. The summed E-state index contributed by atoms with van der Waals surface area (Å²) in [7, 11) is 0. The molecule has 2 atom stereocenters. The van der Waals surface area contributed by atoms with Crippen molar-refractivity contribution in [3.05, 3.63) is 76.6 Å². The van der Waals surface area contributed by atoms with Gasteiger partial charge in [-0.05, 0) is 36.1 Å². The highest BCUT2D eigenvalue weighted by molar-refractivity contribution is 6.32. The SMILES string of the molecule is C[C@H]1c2ccccc2CCN1C(=O)C(OC(=O)C(F)(F)F)c1c(Cl)cccc1-c1cn[nH]c1. The lowest BCUT2D eigenvalue weighted by Gasteiger charge is -2.37. The van der Waals surface area contributed by atoms with E-state index in [4.69, 9.17) is 16.3 Å². The van der Waals surface area contributed by atoms with E-state index in [1.807, 2.05) is 24.3 Å². The van der Waals surface area contributed by atoms with Crippen LogP contribution in [0, 0.1) is 0 Å². The van der Waals surface area contributed by atoms with Crippen LogP contribution in [0.2, 0.25) is 5.02 Å². The van der Waals surface area contributed by atoms with Gasteiger partial charge in [-0.2, -0.15) is 18.3 Å². The van der Waals surface area contributed by atoms with Crippen molar-refractivity contribution in [2.45, 2.75) is 31.7 Å². The number of aromatic nitrogens is 2. The lowest BCUT2D eigenvalue weighted by atomic mass is 9.91. The molecule has 2 heterocycles. The molecule has 0 saturated heterocycles. The topological polar surface area (TPSA) is 75.3 Å². The van der Waals surface area contributed by atoms with Gasteiger partial charge in [-0.15, -0.1) is 0 Å². The van der Waals surface area contributed by atoms with Crippen LogP contribution in [0.3, 0.4) is 0 Å². The van der Waals surface area contributed by atoms with Gasteiger partial charge < -0.3 is 9.64 Å². The fourth-order valence-electron chi connectivity index (χ4n) is 4.08. The number of carbonyl (C=O) groups is 2. The molecular weight excluding hydrogens is 459 g/mol. The molecule has 172 valence electrons. The largest absolute Gasteiger partial charge is 0.490 e. The van der Waals surface area contributed by atoms with Crippen LogP contribution in [-0.2, 0) is 20.7 Å². The van der Waals surface area contributed by atoms with Gasteiger partial charge in [0.1, 0.15) is 0 Å². The first-order valence-electron chi connectivity index (χ1n) is 10.1. The van der Waals surface area contributed by atoms with E-state index in [1.165, 1.54) is 23.4 Å². The predicted molar refractivity (Wildman–Crippen MR) is 114 cm³/mol. The van der Waals surface area contributed by atoms with Crippen molar-refractivity contribution in [2.24, 2.45) is 0 Å². The maximum absolute atomic E-state index is 13.7. The van der Waals surface area contributed by atoms with E-state index >= 15 is 0 Å². The molecule has 33 heavy (non-hydrogen) atoms. The van der Waals surface area contributed by atoms with Gasteiger partial charge in [0.15, 0.2) is 0 Å². The number of aromatic amines is 1. The zero-order chi connectivity index (χ0) is 23.8. The molecule has 3 aromatic rings. The molecule has 1 amide bonds. The van der Waals surface area contributed by atoms with Crippen LogP contribution < -0.4 is 0 Å². The van der Waals surface area contributed by atoms with Gasteiger partial charge in [0, 0.05) is 28.9 Å². The Kier molecular flexibility index (Phi) is 6.16. The average molecular weight is 478 g/mol. The van der Waals surface area contributed by atoms with E-state index in [0.717, 1.165) is 11.1 Å². The quantitative estimate of drug-likeness (QED) is 0.535. The van der Waals surface area contributed by atoms with Crippen LogP contribution in [0.25, 0.3) is 11.1 Å². The molecule has 1 aromatic heterocycles. The molecule has 0 aliphatic carbocycles. The zero-order valence-electron chi connectivity index (χ0n) is 17.4. The fourth-order valence-corrected chi connectivity index (χ4v) is 4.36. The Morgan fingerprint density at radius 1 is 1.21 bits per heavy atom. The molecule has 0 radical (unpaired) electrons. The summed E-state index contributed by atoms with van der Waals surface area (Å²) in [6.07, 6.45) is -3.73. The van der Waals surface area contributed by atoms with Gasteiger partial charge in [0.2, 0.25) is 6.10 Å². The molecule has 10 heteroatoms. The number of nitrogens with zero attached hydrogens (tertiary/aromatic N) is 2. The second kappa shape index (κ2) is 8.90. The number of alkyl halides is 3. The Morgan fingerprint density at radius 3 is 2.67 bits per heavy atom. The summed E-state index contributed by atoms with van der Waals surface area (Å²) in [4.78, 5) is 26.9. The maximum atomic E-state index is 13.7. The van der Waals surface area contributed by atoms with Crippen LogP contribution in [0.4, 0.5) is 13.2 Å². The first-order valence-corrected chi connectivity index (χ1v) is 10.5. The van der Waals surface area contributed by atoms with Crippen molar-refractivity contribution >= 4 is 23.5 Å². The van der Waals surface area contributed by atoms with Gasteiger partial charge in [-0.25, -0.2) is 4.79 Å². The van der Waals surface area contributed by atoms with E-state index in [-0.39, 0.29) is 17.1 Å². The molecule has 1 aliphatic heterocycles. The molecule has 6 nitrogen and oxygen atoms in total. The predicted octanol–water partition coefficient (Wildman–Crippen LogP) is 5.02. The second-order valence-electron chi connectivity index (χ2n) is 7.63. The molecule has 0 spiro atoms. The van der Waals surface area contributed by atoms with Crippen LogP contribution >= 0.6 is 11.6 Å². The molecule has 1 unspecified atom stereocenters. The molecule has 4 rings (SSSR count). The summed E-state index contributed by atoms with van der Waals surface area (Å²) in [6, 6.07) is 11.7. The van der Waals surface area contributed by atoms with E-state index in [9.17, 15) is 22.8 Å². The Bertz CT molecular complexity index is 1180. The van der Waals surface area contributed by atoms with Crippen LogP contribution in [0.15, 0.2) is 54.9 Å². The molecule has 2 aromatic carbocycles. The first kappa shape index (κ1) is 22.8. The van der Waals surface area contributed by atoms with Crippen molar-refractivity contribution in [1.29, 1.82) is 0 Å². The minimum Gasteiger partial charge on any atom is -0.441 e. The molecular formula is C23H19ClF3N3O3. The summed E-state index contributed by atoms with van der Waals surface area (Å²) >= 11 is 6.37. The first-order chi connectivity index (χ1) is 15.7. The number of carbonyl (C=O) groups excluding carboxylic acids is 2. The number of esters is 1. The Labute approximate surface area is 192 Å². The fraction of sp³-hybridized carbons (Fsp3) is 0.261. The third-order valence-corrected chi connectivity index (χ3v) is 6.01.